The van der Waals surface area contributed by atoms with Gasteiger partial charge in [0.15, 0.2) is 0 Å². The minimum absolute atomic E-state index is 0.486. The van der Waals surface area contributed by atoms with Gasteiger partial charge in [-0.3, -0.25) is 0 Å². The molecule has 0 atom stereocenters. The van der Waals surface area contributed by atoms with Crippen LogP contribution in [-0.2, 0) is 5.41 Å². The number of ether oxygens (including phenoxy) is 1. The van der Waals surface area contributed by atoms with Gasteiger partial charge in [0.25, 0.3) is 0 Å². The monoisotopic (exact) mass is 623 g/mol. The predicted octanol–water partition coefficient (Wildman–Crippen LogP) is 12.1. The second-order valence-electron chi connectivity index (χ2n) is 13.2. The van der Waals surface area contributed by atoms with Crippen molar-refractivity contribution >= 4 is 32.6 Å². The quantitative estimate of drug-likeness (QED) is 0.187. The summed E-state index contributed by atoms with van der Waals surface area (Å²) in [4.78, 5) is 0. The smallest absolute Gasteiger partial charge is 0.132 e. The molecule has 49 heavy (non-hydrogen) atoms. The molecule has 9 aromatic rings. The predicted molar refractivity (Wildman–Crippen MR) is 201 cm³/mol. The molecular formula is C47H29NO. The van der Waals surface area contributed by atoms with E-state index in [9.17, 15) is 0 Å². The summed E-state index contributed by atoms with van der Waals surface area (Å²) in [5.74, 6) is 1.82. The van der Waals surface area contributed by atoms with Gasteiger partial charge in [-0.05, 0) is 81.2 Å². The summed E-state index contributed by atoms with van der Waals surface area (Å²) in [5.41, 5.74) is 13.0. The maximum atomic E-state index is 6.70. The van der Waals surface area contributed by atoms with Gasteiger partial charge >= 0.3 is 0 Å². The van der Waals surface area contributed by atoms with Crippen LogP contribution >= 0.6 is 0 Å². The van der Waals surface area contributed by atoms with Gasteiger partial charge in [0.05, 0.1) is 16.4 Å². The van der Waals surface area contributed by atoms with E-state index in [0.29, 0.717) is 0 Å². The van der Waals surface area contributed by atoms with E-state index in [2.05, 4.69) is 180 Å². The lowest BCUT2D eigenvalue weighted by Crippen LogP contribution is -2.32. The molecule has 2 aliphatic rings. The second kappa shape index (κ2) is 9.82. The first-order chi connectivity index (χ1) is 24.3. The van der Waals surface area contributed by atoms with Crippen molar-refractivity contribution in [1.82, 2.24) is 4.57 Å². The molecule has 0 saturated carbocycles. The third kappa shape index (κ3) is 3.50. The average molecular weight is 624 g/mol. The molecule has 1 spiro atoms. The molecule has 0 radical (unpaired) electrons. The zero-order chi connectivity index (χ0) is 32.1. The maximum absolute atomic E-state index is 6.70. The van der Waals surface area contributed by atoms with E-state index in [1.807, 2.05) is 0 Å². The van der Waals surface area contributed by atoms with Gasteiger partial charge in [0.1, 0.15) is 11.5 Å². The number of benzene rings is 8. The molecule has 228 valence electrons. The minimum atomic E-state index is -0.486. The maximum Gasteiger partial charge on any atom is 0.132 e. The number of hydrogen-bond acceptors (Lipinski definition) is 1. The Morgan fingerprint density at radius 3 is 1.86 bits per heavy atom. The van der Waals surface area contributed by atoms with Crippen molar-refractivity contribution in [3.8, 4) is 39.4 Å². The Morgan fingerprint density at radius 1 is 0.408 bits per heavy atom. The van der Waals surface area contributed by atoms with Crippen LogP contribution in [0.5, 0.6) is 11.5 Å². The van der Waals surface area contributed by atoms with Crippen molar-refractivity contribution in [2.45, 2.75) is 5.41 Å². The number of hydrogen-bond donors (Lipinski definition) is 0. The Bertz CT molecular complexity index is 2760. The summed E-state index contributed by atoms with van der Waals surface area (Å²) in [6.45, 7) is 0. The van der Waals surface area contributed by atoms with E-state index >= 15 is 0 Å². The first-order valence-electron chi connectivity index (χ1n) is 16.9. The number of fused-ring (bicyclic) bond motifs is 14. The van der Waals surface area contributed by atoms with Crippen LogP contribution in [-0.4, -0.2) is 4.57 Å². The van der Waals surface area contributed by atoms with Gasteiger partial charge in [-0.25, -0.2) is 0 Å². The third-order valence-corrected chi connectivity index (χ3v) is 10.8. The van der Waals surface area contributed by atoms with E-state index in [1.54, 1.807) is 0 Å². The summed E-state index contributed by atoms with van der Waals surface area (Å²) >= 11 is 0. The fourth-order valence-corrected chi connectivity index (χ4v) is 8.84. The molecule has 0 amide bonds. The Hall–Kier alpha value is -6.38. The molecule has 2 nitrogen and oxygen atoms in total. The second-order valence-corrected chi connectivity index (χ2v) is 13.2. The molecule has 2 heteroatoms. The zero-order valence-electron chi connectivity index (χ0n) is 26.6. The molecule has 0 fully saturated rings. The normalized spacial score (nSPS) is 13.6. The average Bonchev–Trinajstić information content (AvgIpc) is 3.66. The van der Waals surface area contributed by atoms with Crippen molar-refractivity contribution in [3.05, 3.63) is 198 Å². The highest BCUT2D eigenvalue weighted by Crippen LogP contribution is 2.62. The van der Waals surface area contributed by atoms with Crippen LogP contribution in [0.2, 0.25) is 0 Å². The summed E-state index contributed by atoms with van der Waals surface area (Å²) in [6, 6.07) is 64.1. The Kier molecular flexibility index (Phi) is 5.34. The molecule has 11 rings (SSSR count). The van der Waals surface area contributed by atoms with Crippen LogP contribution in [0.25, 0.3) is 60.5 Å². The zero-order valence-corrected chi connectivity index (χ0v) is 26.6. The molecule has 1 aliphatic heterocycles. The van der Waals surface area contributed by atoms with Gasteiger partial charge in [-0.2, -0.15) is 0 Å². The topological polar surface area (TPSA) is 14.2 Å². The standard InChI is InChI=1S/C47H29NO/c1-2-13-33(14-3-1)48-43-26-23-31(28-38(43)37-25-22-30-12-4-5-15-34(30)46(37)48)32-24-27-45-42(29-32)47(41-20-10-11-21-44(41)49-45)39-18-8-6-16-35(39)36-17-7-9-19-40(36)47/h1-29H. The van der Waals surface area contributed by atoms with E-state index in [1.165, 1.54) is 77.1 Å². The van der Waals surface area contributed by atoms with Crippen molar-refractivity contribution in [2.24, 2.45) is 0 Å². The molecule has 8 aromatic carbocycles. The molecule has 1 aliphatic carbocycles. The Balaban J connectivity index is 1.19. The van der Waals surface area contributed by atoms with Crippen LogP contribution in [0.1, 0.15) is 22.3 Å². The lowest BCUT2D eigenvalue weighted by Gasteiger charge is -2.39. The van der Waals surface area contributed by atoms with E-state index in [0.717, 1.165) is 17.2 Å². The van der Waals surface area contributed by atoms with Crippen molar-refractivity contribution < 1.29 is 4.74 Å². The molecule has 0 bridgehead atoms. The van der Waals surface area contributed by atoms with Crippen LogP contribution in [0.15, 0.2) is 176 Å². The molecule has 1 aromatic heterocycles. The van der Waals surface area contributed by atoms with Gasteiger partial charge < -0.3 is 9.30 Å². The lowest BCUT2D eigenvalue weighted by atomic mass is 9.66. The third-order valence-electron chi connectivity index (χ3n) is 10.8. The lowest BCUT2D eigenvalue weighted by molar-refractivity contribution is 0.436. The largest absolute Gasteiger partial charge is 0.457 e. The summed E-state index contributed by atoms with van der Waals surface area (Å²) < 4.78 is 9.13. The minimum Gasteiger partial charge on any atom is -0.457 e. The molecule has 0 saturated heterocycles. The Morgan fingerprint density at radius 2 is 1.04 bits per heavy atom. The number of para-hydroxylation sites is 2. The number of nitrogens with zero attached hydrogens (tertiary/aromatic N) is 1. The summed E-state index contributed by atoms with van der Waals surface area (Å²) in [6.07, 6.45) is 0. The fourth-order valence-electron chi connectivity index (χ4n) is 8.84. The van der Waals surface area contributed by atoms with Crippen molar-refractivity contribution in [2.75, 3.05) is 0 Å². The van der Waals surface area contributed by atoms with Gasteiger partial charge in [-0.15, -0.1) is 0 Å². The van der Waals surface area contributed by atoms with E-state index in [4.69, 9.17) is 4.74 Å². The highest BCUT2D eigenvalue weighted by Gasteiger charge is 2.51. The van der Waals surface area contributed by atoms with Crippen LogP contribution < -0.4 is 4.74 Å². The summed E-state index contributed by atoms with van der Waals surface area (Å²) in [7, 11) is 0. The van der Waals surface area contributed by atoms with Crippen molar-refractivity contribution in [1.29, 1.82) is 0 Å². The number of rotatable bonds is 2. The highest BCUT2D eigenvalue weighted by molar-refractivity contribution is 6.19. The highest BCUT2D eigenvalue weighted by atomic mass is 16.5. The first-order valence-corrected chi connectivity index (χ1v) is 16.9. The molecular weight excluding hydrogens is 595 g/mol. The van der Waals surface area contributed by atoms with E-state index < -0.39 is 5.41 Å². The van der Waals surface area contributed by atoms with Crippen LogP contribution in [0, 0.1) is 0 Å². The number of aromatic nitrogens is 1. The molecule has 0 unspecified atom stereocenters. The van der Waals surface area contributed by atoms with Crippen LogP contribution in [0.3, 0.4) is 0 Å². The van der Waals surface area contributed by atoms with Gasteiger partial charge in [-0.1, -0.05) is 133 Å². The van der Waals surface area contributed by atoms with Crippen molar-refractivity contribution in [3.63, 3.8) is 0 Å². The van der Waals surface area contributed by atoms with Gasteiger partial charge in [0.2, 0.25) is 0 Å². The Labute approximate surface area is 284 Å². The van der Waals surface area contributed by atoms with E-state index in [-0.39, 0.29) is 0 Å². The first kappa shape index (κ1) is 26.7. The molecule has 2 heterocycles. The SMILES string of the molecule is c1ccc(-n2c3ccc(-c4ccc5c(c4)C4(c6ccccc6O5)c5ccccc5-c5ccccc54)cc3c3ccc4ccccc4c32)cc1. The molecule has 0 N–H and O–H groups in total. The van der Waals surface area contributed by atoms with Gasteiger partial charge in [0, 0.05) is 33.0 Å². The van der Waals surface area contributed by atoms with Crippen LogP contribution in [0.4, 0.5) is 0 Å². The fraction of sp³-hybridized carbons (Fsp3) is 0.0213. The summed E-state index contributed by atoms with van der Waals surface area (Å²) in [5, 5.41) is 5.00.